The number of ether oxygens (including phenoxy) is 1. The standard InChI is InChI=1S/C8H13NO3S/c1-8(2,3)12-4-6(7(10)11)9-5-13/h6H,4H2,1-3H3,(H,10,11)/t6-/m0/s1. The number of aliphatic imine (C=N–C) groups is 1. The van der Waals surface area contributed by atoms with Crippen LogP contribution in [0.1, 0.15) is 20.8 Å². The molecular weight excluding hydrogens is 190 g/mol. The van der Waals surface area contributed by atoms with Crippen LogP contribution in [0.25, 0.3) is 0 Å². The highest BCUT2D eigenvalue weighted by Crippen LogP contribution is 2.08. The maximum atomic E-state index is 10.5. The summed E-state index contributed by atoms with van der Waals surface area (Å²) in [7, 11) is 0. The Kier molecular flexibility index (Phi) is 4.77. The predicted molar refractivity (Wildman–Crippen MR) is 52.2 cm³/mol. The number of carboxylic acid groups (broad SMARTS) is 1. The second kappa shape index (κ2) is 5.07. The van der Waals surface area contributed by atoms with Crippen molar-refractivity contribution < 1.29 is 14.6 Å². The van der Waals surface area contributed by atoms with Crippen LogP contribution in [-0.4, -0.2) is 34.5 Å². The Hall–Kier alpha value is -0.770. The average Bonchev–Trinajstić information content (AvgIpc) is 1.95. The van der Waals surface area contributed by atoms with E-state index in [1.165, 1.54) is 0 Å². The first-order chi connectivity index (χ1) is 5.87. The van der Waals surface area contributed by atoms with E-state index in [1.54, 1.807) is 0 Å². The lowest BCUT2D eigenvalue weighted by Gasteiger charge is -2.20. The highest BCUT2D eigenvalue weighted by atomic mass is 32.1. The molecule has 0 spiro atoms. The van der Waals surface area contributed by atoms with Crippen molar-refractivity contribution in [2.24, 2.45) is 4.99 Å². The van der Waals surface area contributed by atoms with Crippen LogP contribution in [0.5, 0.6) is 0 Å². The molecule has 0 aromatic heterocycles. The van der Waals surface area contributed by atoms with Gasteiger partial charge in [-0.25, -0.2) is 9.79 Å². The minimum Gasteiger partial charge on any atom is -0.480 e. The number of thiocarbonyl (C=S) groups is 1. The van der Waals surface area contributed by atoms with Crippen molar-refractivity contribution in [3.05, 3.63) is 0 Å². The SMILES string of the molecule is CC(C)(C)OC[C@H](N=C=S)C(=O)O. The Balaban J connectivity index is 4.13. The fraction of sp³-hybridized carbons (Fsp3) is 0.750. The molecule has 0 rings (SSSR count). The summed E-state index contributed by atoms with van der Waals surface area (Å²) in [5.41, 5.74) is -0.370. The largest absolute Gasteiger partial charge is 0.480 e. The lowest BCUT2D eigenvalue weighted by Crippen LogP contribution is -2.30. The van der Waals surface area contributed by atoms with Gasteiger partial charge in [-0.15, -0.1) is 0 Å². The van der Waals surface area contributed by atoms with Crippen LogP contribution >= 0.6 is 12.2 Å². The molecule has 0 saturated heterocycles. The van der Waals surface area contributed by atoms with Crippen LogP contribution in [0.2, 0.25) is 0 Å². The molecule has 0 unspecified atom stereocenters. The molecule has 0 aliphatic carbocycles. The van der Waals surface area contributed by atoms with Gasteiger partial charge >= 0.3 is 5.97 Å². The van der Waals surface area contributed by atoms with Crippen LogP contribution in [-0.2, 0) is 9.53 Å². The lowest BCUT2D eigenvalue weighted by molar-refractivity contribution is -0.141. The molecule has 0 amide bonds. The van der Waals surface area contributed by atoms with Gasteiger partial charge in [-0.1, -0.05) is 0 Å². The van der Waals surface area contributed by atoms with Crippen LogP contribution in [0.3, 0.4) is 0 Å². The zero-order valence-electron chi connectivity index (χ0n) is 7.90. The molecule has 0 aliphatic rings. The van der Waals surface area contributed by atoms with Gasteiger partial charge in [0.05, 0.1) is 17.4 Å². The summed E-state index contributed by atoms with van der Waals surface area (Å²) in [6, 6.07) is -0.947. The van der Waals surface area contributed by atoms with E-state index in [0.717, 1.165) is 0 Å². The molecule has 5 heteroatoms. The summed E-state index contributed by atoms with van der Waals surface area (Å²) in [5.74, 6) is -1.05. The molecule has 1 atom stereocenters. The zero-order chi connectivity index (χ0) is 10.5. The third-order valence-corrected chi connectivity index (χ3v) is 1.27. The number of hydrogen-bond donors (Lipinski definition) is 1. The van der Waals surface area contributed by atoms with Crippen LogP contribution in [0.15, 0.2) is 4.99 Å². The van der Waals surface area contributed by atoms with Crippen molar-refractivity contribution in [1.82, 2.24) is 0 Å². The predicted octanol–water partition coefficient (Wildman–Crippen LogP) is 1.36. The Morgan fingerprint density at radius 1 is 1.69 bits per heavy atom. The van der Waals surface area contributed by atoms with E-state index in [4.69, 9.17) is 9.84 Å². The van der Waals surface area contributed by atoms with Gasteiger partial charge in [0.1, 0.15) is 0 Å². The smallest absolute Gasteiger partial charge is 0.331 e. The van der Waals surface area contributed by atoms with E-state index in [0.29, 0.717) is 0 Å². The first-order valence-corrected chi connectivity index (χ1v) is 4.21. The van der Waals surface area contributed by atoms with Gasteiger partial charge in [-0.2, -0.15) is 0 Å². The maximum absolute atomic E-state index is 10.5. The van der Waals surface area contributed by atoms with E-state index in [2.05, 4.69) is 17.2 Å². The maximum Gasteiger partial charge on any atom is 0.331 e. The van der Waals surface area contributed by atoms with E-state index in [9.17, 15) is 4.79 Å². The third-order valence-electron chi connectivity index (χ3n) is 1.17. The molecule has 0 aromatic carbocycles. The molecule has 0 aliphatic heterocycles. The number of nitrogens with zero attached hydrogens (tertiary/aromatic N) is 1. The normalized spacial score (nSPS) is 13.2. The molecule has 0 fully saturated rings. The summed E-state index contributed by atoms with van der Waals surface area (Å²) in [6.45, 7) is 5.54. The number of isothiocyanates is 1. The summed E-state index contributed by atoms with van der Waals surface area (Å²) in [4.78, 5) is 14.0. The minimum absolute atomic E-state index is 0.0163. The highest BCUT2D eigenvalue weighted by Gasteiger charge is 2.19. The lowest BCUT2D eigenvalue weighted by atomic mass is 10.2. The summed E-state index contributed by atoms with van der Waals surface area (Å²) in [6.07, 6.45) is 0. The molecule has 1 N–H and O–H groups in total. The Morgan fingerprint density at radius 2 is 2.23 bits per heavy atom. The van der Waals surface area contributed by atoms with Crippen molar-refractivity contribution in [2.45, 2.75) is 32.4 Å². The summed E-state index contributed by atoms with van der Waals surface area (Å²) in [5, 5.41) is 10.7. The first kappa shape index (κ1) is 12.2. The van der Waals surface area contributed by atoms with Gasteiger partial charge in [-0.3, -0.25) is 0 Å². The van der Waals surface area contributed by atoms with E-state index in [1.807, 2.05) is 25.9 Å². The Labute approximate surface area is 82.6 Å². The second-order valence-corrected chi connectivity index (χ2v) is 3.68. The Bertz CT molecular complexity index is 226. The van der Waals surface area contributed by atoms with Crippen molar-refractivity contribution in [2.75, 3.05) is 6.61 Å². The molecular formula is C8H13NO3S. The summed E-state index contributed by atoms with van der Waals surface area (Å²) >= 11 is 4.32. The molecule has 0 saturated carbocycles. The van der Waals surface area contributed by atoms with E-state index >= 15 is 0 Å². The monoisotopic (exact) mass is 203 g/mol. The topological polar surface area (TPSA) is 58.9 Å². The number of carbonyl (C=O) groups is 1. The molecule has 0 bridgehead atoms. The van der Waals surface area contributed by atoms with Crippen molar-refractivity contribution in [3.8, 4) is 0 Å². The number of aliphatic carboxylic acids is 1. The first-order valence-electron chi connectivity index (χ1n) is 3.80. The fourth-order valence-corrected chi connectivity index (χ4v) is 0.684. The fourth-order valence-electron chi connectivity index (χ4n) is 0.556. The van der Waals surface area contributed by atoms with Crippen molar-refractivity contribution in [3.63, 3.8) is 0 Å². The third kappa shape index (κ3) is 6.40. The van der Waals surface area contributed by atoms with E-state index in [-0.39, 0.29) is 12.2 Å². The average molecular weight is 203 g/mol. The van der Waals surface area contributed by atoms with Gasteiger partial charge in [0.15, 0.2) is 6.04 Å². The van der Waals surface area contributed by atoms with Crippen molar-refractivity contribution >= 4 is 23.3 Å². The van der Waals surface area contributed by atoms with Gasteiger partial charge < -0.3 is 9.84 Å². The number of rotatable bonds is 4. The second-order valence-electron chi connectivity index (χ2n) is 3.50. The zero-order valence-corrected chi connectivity index (χ0v) is 8.72. The minimum atomic E-state index is -1.05. The van der Waals surface area contributed by atoms with Gasteiger partial charge in [0, 0.05) is 0 Å². The van der Waals surface area contributed by atoms with Crippen LogP contribution in [0.4, 0.5) is 0 Å². The number of carboxylic acids is 1. The molecule has 0 aromatic rings. The van der Waals surface area contributed by atoms with Crippen LogP contribution in [0, 0.1) is 0 Å². The van der Waals surface area contributed by atoms with Gasteiger partial charge in [0.2, 0.25) is 0 Å². The number of hydrogen-bond acceptors (Lipinski definition) is 4. The van der Waals surface area contributed by atoms with Crippen molar-refractivity contribution in [1.29, 1.82) is 0 Å². The quantitative estimate of drug-likeness (QED) is 0.553. The highest BCUT2D eigenvalue weighted by molar-refractivity contribution is 7.78. The molecule has 0 radical (unpaired) electrons. The molecule has 0 heterocycles. The summed E-state index contributed by atoms with van der Waals surface area (Å²) < 4.78 is 5.24. The van der Waals surface area contributed by atoms with E-state index < -0.39 is 12.0 Å². The molecule has 13 heavy (non-hydrogen) atoms. The molecule has 4 nitrogen and oxygen atoms in total. The van der Waals surface area contributed by atoms with Gasteiger partial charge in [-0.05, 0) is 33.0 Å². The molecule has 74 valence electrons. The Morgan fingerprint density at radius 3 is 2.54 bits per heavy atom. The van der Waals surface area contributed by atoms with Gasteiger partial charge in [0.25, 0.3) is 0 Å². The van der Waals surface area contributed by atoms with Crippen LogP contribution < -0.4 is 0 Å².